The normalized spacial score (nSPS) is 10.7. The third kappa shape index (κ3) is 2.38. The van der Waals surface area contributed by atoms with Crippen molar-refractivity contribution in [2.45, 2.75) is 10.2 Å². The molecule has 0 radical (unpaired) electrons. The summed E-state index contributed by atoms with van der Waals surface area (Å²) in [5.41, 5.74) is -0.240. The van der Waals surface area contributed by atoms with Crippen LogP contribution in [0.2, 0.25) is 0 Å². The first-order valence-corrected chi connectivity index (χ1v) is 6.58. The Morgan fingerprint density at radius 3 is 2.81 bits per heavy atom. The zero-order chi connectivity index (χ0) is 11.7. The molecule has 0 spiro atoms. The summed E-state index contributed by atoms with van der Waals surface area (Å²) in [5.74, 6) is 0. The molecule has 8 heteroatoms. The Balaban J connectivity index is 2.34. The Kier molecular flexibility index (Phi) is 3.50. The van der Waals surface area contributed by atoms with Gasteiger partial charge in [-0.05, 0) is 49.7 Å². The van der Waals surface area contributed by atoms with Gasteiger partial charge < -0.3 is 0 Å². The molecule has 16 heavy (non-hydrogen) atoms. The molecule has 0 aliphatic rings. The van der Waals surface area contributed by atoms with Crippen LogP contribution >= 0.6 is 43.6 Å². The minimum absolute atomic E-state index is 0.240. The molecule has 1 N–H and O–H groups in total. The van der Waals surface area contributed by atoms with Gasteiger partial charge in [0.15, 0.2) is 5.16 Å². The number of aromatic nitrogens is 4. The van der Waals surface area contributed by atoms with E-state index in [4.69, 9.17) is 0 Å². The molecule has 0 fully saturated rings. The van der Waals surface area contributed by atoms with Gasteiger partial charge >= 0.3 is 5.69 Å². The average molecular weight is 366 g/mol. The number of nitrogens with one attached hydrogen (secondary N) is 1. The molecule has 2 heterocycles. The van der Waals surface area contributed by atoms with Crippen LogP contribution in [0.1, 0.15) is 0 Å². The number of hydrogen-bond donors (Lipinski definition) is 1. The van der Waals surface area contributed by atoms with Crippen molar-refractivity contribution in [2.75, 3.05) is 0 Å². The van der Waals surface area contributed by atoms with E-state index in [9.17, 15) is 4.79 Å². The number of halogens is 2. The quantitative estimate of drug-likeness (QED) is 0.885. The van der Waals surface area contributed by atoms with Crippen molar-refractivity contribution in [3.05, 3.63) is 31.7 Å². The molecule has 0 bridgehead atoms. The van der Waals surface area contributed by atoms with Gasteiger partial charge in [-0.1, -0.05) is 0 Å². The standard InChI is InChI=1S/C8H6Br2N4OS/c1-14-7(15)12-13-8(14)16-6-5(10)2-4(9)3-11-6/h2-3H,1H3,(H,12,15). The maximum atomic E-state index is 11.2. The minimum atomic E-state index is -0.240. The van der Waals surface area contributed by atoms with Gasteiger partial charge in [-0.2, -0.15) is 0 Å². The Labute approximate surface area is 112 Å². The highest BCUT2D eigenvalue weighted by atomic mass is 79.9. The predicted molar refractivity (Wildman–Crippen MR) is 67.6 cm³/mol. The van der Waals surface area contributed by atoms with Crippen molar-refractivity contribution in [1.82, 2.24) is 19.7 Å². The summed E-state index contributed by atoms with van der Waals surface area (Å²) in [6.45, 7) is 0. The Morgan fingerprint density at radius 2 is 2.25 bits per heavy atom. The van der Waals surface area contributed by atoms with Crippen LogP contribution in [-0.2, 0) is 7.05 Å². The number of hydrogen-bond acceptors (Lipinski definition) is 4. The minimum Gasteiger partial charge on any atom is -0.273 e. The van der Waals surface area contributed by atoms with E-state index in [0.717, 1.165) is 14.0 Å². The number of aromatic amines is 1. The molecular weight excluding hydrogens is 360 g/mol. The fourth-order valence-corrected chi connectivity index (χ4v) is 2.96. The van der Waals surface area contributed by atoms with E-state index in [2.05, 4.69) is 47.0 Å². The topological polar surface area (TPSA) is 63.6 Å². The van der Waals surface area contributed by atoms with Crippen molar-refractivity contribution < 1.29 is 0 Å². The lowest BCUT2D eigenvalue weighted by atomic mass is 10.5. The lowest BCUT2D eigenvalue weighted by molar-refractivity contribution is 0.764. The van der Waals surface area contributed by atoms with E-state index in [1.807, 2.05) is 6.07 Å². The van der Waals surface area contributed by atoms with Crippen LogP contribution in [0.25, 0.3) is 0 Å². The largest absolute Gasteiger partial charge is 0.343 e. The van der Waals surface area contributed by atoms with Gasteiger partial charge in [0.2, 0.25) is 0 Å². The third-order valence-corrected chi connectivity index (χ3v) is 4.17. The van der Waals surface area contributed by atoms with E-state index in [1.165, 1.54) is 16.3 Å². The molecule has 0 atom stereocenters. The van der Waals surface area contributed by atoms with Gasteiger partial charge in [-0.3, -0.25) is 4.57 Å². The molecule has 0 aliphatic heterocycles. The maximum Gasteiger partial charge on any atom is 0.343 e. The molecule has 0 aliphatic carbocycles. The van der Waals surface area contributed by atoms with Crippen LogP contribution < -0.4 is 5.69 Å². The number of H-pyrrole nitrogens is 1. The van der Waals surface area contributed by atoms with Gasteiger partial charge in [0.1, 0.15) is 5.03 Å². The van der Waals surface area contributed by atoms with Crippen LogP contribution in [0, 0.1) is 0 Å². The van der Waals surface area contributed by atoms with Gasteiger partial charge in [-0.15, -0.1) is 5.10 Å². The second-order valence-corrected chi connectivity index (χ2v) is 5.64. The number of nitrogens with zero attached hydrogens (tertiary/aromatic N) is 3. The highest BCUT2D eigenvalue weighted by Gasteiger charge is 2.10. The first-order chi connectivity index (χ1) is 7.58. The summed E-state index contributed by atoms with van der Waals surface area (Å²) in [5, 5.41) is 7.59. The van der Waals surface area contributed by atoms with E-state index in [0.29, 0.717) is 5.16 Å². The third-order valence-electron chi connectivity index (χ3n) is 1.80. The Bertz CT molecular complexity index is 580. The monoisotopic (exact) mass is 364 g/mol. The van der Waals surface area contributed by atoms with Crippen molar-refractivity contribution in [3.8, 4) is 0 Å². The summed E-state index contributed by atoms with van der Waals surface area (Å²) in [6, 6.07) is 1.89. The number of rotatable bonds is 2. The number of pyridine rings is 1. The molecule has 2 rings (SSSR count). The lowest BCUT2D eigenvalue weighted by Crippen LogP contribution is -2.12. The fraction of sp³-hybridized carbons (Fsp3) is 0.125. The van der Waals surface area contributed by atoms with Crippen molar-refractivity contribution in [3.63, 3.8) is 0 Å². The summed E-state index contributed by atoms with van der Waals surface area (Å²) in [6.07, 6.45) is 1.69. The van der Waals surface area contributed by atoms with Crippen LogP contribution in [-0.4, -0.2) is 19.7 Å². The van der Waals surface area contributed by atoms with Gasteiger partial charge in [0, 0.05) is 17.7 Å². The second kappa shape index (κ2) is 4.72. The highest BCUT2D eigenvalue weighted by Crippen LogP contribution is 2.31. The lowest BCUT2D eigenvalue weighted by Gasteiger charge is -2.02. The van der Waals surface area contributed by atoms with Gasteiger partial charge in [0.25, 0.3) is 0 Å². The Hall–Kier alpha value is -0.600. The first-order valence-electron chi connectivity index (χ1n) is 4.18. The molecule has 2 aromatic rings. The molecule has 2 aromatic heterocycles. The summed E-state index contributed by atoms with van der Waals surface area (Å²) < 4.78 is 3.17. The molecule has 0 saturated carbocycles. The smallest absolute Gasteiger partial charge is 0.273 e. The highest BCUT2D eigenvalue weighted by molar-refractivity contribution is 9.11. The zero-order valence-electron chi connectivity index (χ0n) is 8.07. The van der Waals surface area contributed by atoms with Crippen molar-refractivity contribution >= 4 is 43.6 Å². The van der Waals surface area contributed by atoms with E-state index in [-0.39, 0.29) is 5.69 Å². The SMILES string of the molecule is Cn1c(Sc2ncc(Br)cc2Br)n[nH]c1=O. The van der Waals surface area contributed by atoms with E-state index in [1.54, 1.807) is 13.2 Å². The van der Waals surface area contributed by atoms with Crippen molar-refractivity contribution in [1.29, 1.82) is 0 Å². The summed E-state index contributed by atoms with van der Waals surface area (Å²) in [7, 11) is 1.65. The van der Waals surface area contributed by atoms with Crippen molar-refractivity contribution in [2.24, 2.45) is 7.05 Å². The molecule has 84 valence electrons. The van der Waals surface area contributed by atoms with Crippen LogP contribution in [0.4, 0.5) is 0 Å². The summed E-state index contributed by atoms with van der Waals surface area (Å²) in [4.78, 5) is 15.4. The Morgan fingerprint density at radius 1 is 1.50 bits per heavy atom. The first kappa shape index (κ1) is 11.9. The molecule has 0 saturated heterocycles. The van der Waals surface area contributed by atoms with Crippen LogP contribution in [0.5, 0.6) is 0 Å². The van der Waals surface area contributed by atoms with Crippen LogP contribution in [0.15, 0.2) is 36.2 Å². The zero-order valence-corrected chi connectivity index (χ0v) is 12.1. The maximum absolute atomic E-state index is 11.2. The van der Waals surface area contributed by atoms with Gasteiger partial charge in [-0.25, -0.2) is 14.9 Å². The molecular formula is C8H6Br2N4OS. The van der Waals surface area contributed by atoms with E-state index < -0.39 is 0 Å². The molecule has 0 aromatic carbocycles. The fourth-order valence-electron chi connectivity index (χ4n) is 0.987. The molecule has 5 nitrogen and oxygen atoms in total. The second-order valence-electron chi connectivity index (χ2n) is 2.91. The van der Waals surface area contributed by atoms with E-state index >= 15 is 0 Å². The van der Waals surface area contributed by atoms with Gasteiger partial charge in [0.05, 0.1) is 4.47 Å². The van der Waals surface area contributed by atoms with Crippen LogP contribution in [0.3, 0.4) is 0 Å². The molecule has 0 unspecified atom stereocenters. The average Bonchev–Trinajstić information content (AvgIpc) is 2.54. The molecule has 0 amide bonds. The predicted octanol–water partition coefficient (Wildman–Crippen LogP) is 2.18. The summed E-state index contributed by atoms with van der Waals surface area (Å²) >= 11 is 8.03.